The Balaban J connectivity index is 1.81. The SMILES string of the molecule is CCNCC1CCN(S(=O)(=O)NCc2cccnn2)CC1. The Kier molecular flexibility index (Phi) is 6.04. The van der Waals surface area contributed by atoms with Crippen LogP contribution in [-0.2, 0) is 16.8 Å². The van der Waals surface area contributed by atoms with Gasteiger partial charge >= 0.3 is 0 Å². The van der Waals surface area contributed by atoms with Gasteiger partial charge in [0, 0.05) is 19.3 Å². The Morgan fingerprint density at radius 2 is 2.14 bits per heavy atom. The molecule has 1 aromatic rings. The molecule has 7 nitrogen and oxygen atoms in total. The maximum atomic E-state index is 12.2. The van der Waals surface area contributed by atoms with E-state index in [0.29, 0.717) is 24.7 Å². The molecular formula is C13H23N5O2S. The van der Waals surface area contributed by atoms with Crippen molar-refractivity contribution in [2.24, 2.45) is 5.92 Å². The van der Waals surface area contributed by atoms with Gasteiger partial charge in [-0.3, -0.25) is 0 Å². The van der Waals surface area contributed by atoms with Gasteiger partial charge in [0.25, 0.3) is 10.2 Å². The van der Waals surface area contributed by atoms with Crippen LogP contribution >= 0.6 is 0 Å². The highest BCUT2D eigenvalue weighted by Crippen LogP contribution is 2.18. The van der Waals surface area contributed by atoms with E-state index >= 15 is 0 Å². The smallest absolute Gasteiger partial charge is 0.279 e. The Labute approximate surface area is 126 Å². The molecular weight excluding hydrogens is 290 g/mol. The molecule has 0 atom stereocenters. The lowest BCUT2D eigenvalue weighted by atomic mass is 9.98. The van der Waals surface area contributed by atoms with Crippen LogP contribution in [0.1, 0.15) is 25.5 Å². The lowest BCUT2D eigenvalue weighted by molar-refractivity contribution is 0.266. The van der Waals surface area contributed by atoms with Crippen LogP contribution in [0.25, 0.3) is 0 Å². The van der Waals surface area contributed by atoms with Crippen LogP contribution in [0.3, 0.4) is 0 Å². The van der Waals surface area contributed by atoms with Gasteiger partial charge in [0.2, 0.25) is 0 Å². The molecule has 0 saturated carbocycles. The van der Waals surface area contributed by atoms with Crippen LogP contribution in [0.2, 0.25) is 0 Å². The van der Waals surface area contributed by atoms with Crippen LogP contribution in [0.4, 0.5) is 0 Å². The van der Waals surface area contributed by atoms with Crippen molar-refractivity contribution in [2.45, 2.75) is 26.3 Å². The maximum absolute atomic E-state index is 12.2. The van der Waals surface area contributed by atoms with E-state index < -0.39 is 10.2 Å². The minimum absolute atomic E-state index is 0.174. The van der Waals surface area contributed by atoms with Gasteiger partial charge in [-0.2, -0.15) is 27.6 Å². The largest absolute Gasteiger partial charge is 0.317 e. The molecule has 1 fully saturated rings. The van der Waals surface area contributed by atoms with Crippen molar-refractivity contribution < 1.29 is 8.42 Å². The molecule has 0 unspecified atom stereocenters. The highest BCUT2D eigenvalue weighted by Gasteiger charge is 2.27. The van der Waals surface area contributed by atoms with Crippen molar-refractivity contribution >= 4 is 10.2 Å². The Bertz CT molecular complexity index is 515. The van der Waals surface area contributed by atoms with Crippen LogP contribution < -0.4 is 10.0 Å². The zero-order valence-electron chi connectivity index (χ0n) is 12.3. The summed E-state index contributed by atoms with van der Waals surface area (Å²) in [5.74, 6) is 0.566. The third kappa shape index (κ3) is 4.99. The zero-order valence-corrected chi connectivity index (χ0v) is 13.1. The van der Waals surface area contributed by atoms with Crippen molar-refractivity contribution in [1.82, 2.24) is 24.5 Å². The lowest BCUT2D eigenvalue weighted by Crippen LogP contribution is -2.45. The highest BCUT2D eigenvalue weighted by molar-refractivity contribution is 7.87. The Hall–Kier alpha value is -1.09. The molecule has 0 spiro atoms. The van der Waals surface area contributed by atoms with E-state index in [4.69, 9.17) is 0 Å². The molecule has 0 aliphatic carbocycles. The van der Waals surface area contributed by atoms with Crippen molar-refractivity contribution in [3.8, 4) is 0 Å². The zero-order chi connectivity index (χ0) is 15.1. The van der Waals surface area contributed by atoms with Crippen molar-refractivity contribution in [1.29, 1.82) is 0 Å². The predicted octanol–water partition coefficient (Wildman–Crippen LogP) is 0.133. The number of nitrogens with zero attached hydrogens (tertiary/aromatic N) is 3. The number of nitrogens with one attached hydrogen (secondary N) is 2. The summed E-state index contributed by atoms with van der Waals surface area (Å²) in [7, 11) is -3.43. The number of hydrogen-bond donors (Lipinski definition) is 2. The molecule has 0 radical (unpaired) electrons. The van der Waals surface area contributed by atoms with Crippen LogP contribution in [0, 0.1) is 5.92 Å². The summed E-state index contributed by atoms with van der Waals surface area (Å²) in [5.41, 5.74) is 0.614. The standard InChI is InChI=1S/C13H23N5O2S/c1-2-14-10-12-5-8-18(9-6-12)21(19,20)16-11-13-4-3-7-15-17-13/h3-4,7,12,14,16H,2,5-6,8-11H2,1H3. The van der Waals surface area contributed by atoms with Gasteiger partial charge in [0.1, 0.15) is 0 Å². The molecule has 1 aliphatic heterocycles. The predicted molar refractivity (Wildman–Crippen MR) is 80.6 cm³/mol. The van der Waals surface area contributed by atoms with E-state index in [9.17, 15) is 8.42 Å². The molecule has 0 amide bonds. The van der Waals surface area contributed by atoms with Gasteiger partial charge < -0.3 is 5.32 Å². The molecule has 0 bridgehead atoms. The fraction of sp³-hybridized carbons (Fsp3) is 0.692. The molecule has 0 aromatic carbocycles. The molecule has 1 saturated heterocycles. The average Bonchev–Trinajstić information content (AvgIpc) is 2.52. The first kappa shape index (κ1) is 16.3. The Morgan fingerprint density at radius 1 is 1.38 bits per heavy atom. The van der Waals surface area contributed by atoms with Gasteiger partial charge in [-0.1, -0.05) is 6.92 Å². The second kappa shape index (κ2) is 7.79. The number of aromatic nitrogens is 2. The van der Waals surface area contributed by atoms with Crippen LogP contribution in [0.15, 0.2) is 18.3 Å². The van der Waals surface area contributed by atoms with E-state index in [-0.39, 0.29) is 6.54 Å². The van der Waals surface area contributed by atoms with E-state index in [1.54, 1.807) is 18.3 Å². The maximum Gasteiger partial charge on any atom is 0.279 e. The average molecular weight is 313 g/mol. The fourth-order valence-electron chi connectivity index (χ4n) is 2.39. The minimum Gasteiger partial charge on any atom is -0.317 e. The normalized spacial score (nSPS) is 18.0. The molecule has 8 heteroatoms. The monoisotopic (exact) mass is 313 g/mol. The number of hydrogen-bond acceptors (Lipinski definition) is 5. The second-order valence-electron chi connectivity index (χ2n) is 5.19. The van der Waals surface area contributed by atoms with E-state index in [2.05, 4.69) is 27.2 Å². The molecule has 21 heavy (non-hydrogen) atoms. The van der Waals surface area contributed by atoms with Crippen molar-refractivity contribution in [3.63, 3.8) is 0 Å². The van der Waals surface area contributed by atoms with E-state index in [0.717, 1.165) is 25.9 Å². The second-order valence-corrected chi connectivity index (χ2v) is 6.95. The third-order valence-corrected chi connectivity index (χ3v) is 5.21. The summed E-state index contributed by atoms with van der Waals surface area (Å²) in [6.45, 7) is 5.33. The number of rotatable bonds is 7. The first-order valence-electron chi connectivity index (χ1n) is 7.34. The minimum atomic E-state index is -3.43. The summed E-state index contributed by atoms with van der Waals surface area (Å²) in [6.07, 6.45) is 3.37. The van der Waals surface area contributed by atoms with Gasteiger partial charge in [-0.15, -0.1) is 0 Å². The van der Waals surface area contributed by atoms with Crippen molar-refractivity contribution in [2.75, 3.05) is 26.2 Å². The molecule has 1 aromatic heterocycles. The lowest BCUT2D eigenvalue weighted by Gasteiger charge is -2.31. The summed E-state index contributed by atoms with van der Waals surface area (Å²) in [6, 6.07) is 3.49. The molecule has 2 heterocycles. The highest BCUT2D eigenvalue weighted by atomic mass is 32.2. The van der Waals surface area contributed by atoms with Crippen LogP contribution in [0.5, 0.6) is 0 Å². The molecule has 1 aliphatic rings. The van der Waals surface area contributed by atoms with Gasteiger partial charge in [0.15, 0.2) is 0 Å². The molecule has 2 N–H and O–H groups in total. The Morgan fingerprint density at radius 3 is 2.76 bits per heavy atom. The summed E-state index contributed by atoms with van der Waals surface area (Å²) in [4.78, 5) is 0. The van der Waals surface area contributed by atoms with Gasteiger partial charge in [-0.05, 0) is 44.0 Å². The van der Waals surface area contributed by atoms with Gasteiger partial charge in [0.05, 0.1) is 12.2 Å². The van der Waals surface area contributed by atoms with Crippen LogP contribution in [-0.4, -0.2) is 49.1 Å². The van der Waals surface area contributed by atoms with E-state index in [1.165, 1.54) is 4.31 Å². The van der Waals surface area contributed by atoms with Gasteiger partial charge in [-0.25, -0.2) is 0 Å². The molecule has 2 rings (SSSR count). The van der Waals surface area contributed by atoms with Crippen molar-refractivity contribution in [3.05, 3.63) is 24.0 Å². The summed E-state index contributed by atoms with van der Waals surface area (Å²) >= 11 is 0. The topological polar surface area (TPSA) is 87.2 Å². The summed E-state index contributed by atoms with van der Waals surface area (Å²) in [5, 5.41) is 10.9. The third-order valence-electron chi connectivity index (χ3n) is 3.66. The summed E-state index contributed by atoms with van der Waals surface area (Å²) < 4.78 is 28.6. The fourth-order valence-corrected chi connectivity index (χ4v) is 3.59. The quantitative estimate of drug-likeness (QED) is 0.747. The molecule has 118 valence electrons. The first-order valence-corrected chi connectivity index (χ1v) is 8.78. The van der Waals surface area contributed by atoms with E-state index in [1.807, 2.05) is 0 Å². The number of piperidine rings is 1. The first-order chi connectivity index (χ1) is 10.1.